The van der Waals surface area contributed by atoms with Gasteiger partial charge in [0.05, 0.1) is 24.1 Å². The Morgan fingerprint density at radius 3 is 2.70 bits per heavy atom. The zero-order chi connectivity index (χ0) is 23.0. The Kier molecular flexibility index (Phi) is 5.92. The van der Waals surface area contributed by atoms with Gasteiger partial charge in [-0.3, -0.25) is 9.36 Å². The zero-order valence-corrected chi connectivity index (χ0v) is 20.2. The Balaban J connectivity index is 1.81. The third kappa shape index (κ3) is 3.93. The highest BCUT2D eigenvalue weighted by Gasteiger charge is 2.43. The molecule has 2 aromatic carbocycles. The number of thioether (sulfide) groups is 1. The van der Waals surface area contributed by atoms with Crippen molar-refractivity contribution in [1.82, 2.24) is 9.55 Å². The molecule has 0 radical (unpaired) electrons. The van der Waals surface area contributed by atoms with Gasteiger partial charge in [0.1, 0.15) is 5.75 Å². The standard InChI is InChI=1S/C28H30N2O2S/c1-19(2)18-33-27-29-25-23-13-6-5-10-20(23)17-28(14-7-4-8-15-28)24(25)26(31)30(27)21-11-9-12-22(16-21)32-3/h5-6,9-13,16H,1,4,7-8,14-15,17-18H2,2-3H3. The molecule has 1 spiro atoms. The molecule has 5 rings (SSSR count). The monoisotopic (exact) mass is 458 g/mol. The van der Waals surface area contributed by atoms with Crippen molar-refractivity contribution in [2.45, 2.75) is 56.0 Å². The summed E-state index contributed by atoms with van der Waals surface area (Å²) in [7, 11) is 1.65. The summed E-state index contributed by atoms with van der Waals surface area (Å²) in [5, 5.41) is 0.706. The van der Waals surface area contributed by atoms with Crippen molar-refractivity contribution in [1.29, 1.82) is 0 Å². The lowest BCUT2D eigenvalue weighted by molar-refractivity contribution is 0.283. The molecule has 0 atom stereocenters. The number of ether oxygens (including phenoxy) is 1. The molecule has 2 aliphatic rings. The van der Waals surface area contributed by atoms with Crippen LogP contribution in [0.4, 0.5) is 0 Å². The molecule has 2 aliphatic carbocycles. The van der Waals surface area contributed by atoms with Crippen LogP contribution in [0.3, 0.4) is 0 Å². The lowest BCUT2D eigenvalue weighted by Crippen LogP contribution is -2.42. The van der Waals surface area contributed by atoms with E-state index in [2.05, 4.69) is 30.8 Å². The van der Waals surface area contributed by atoms with Crippen molar-refractivity contribution in [3.05, 3.63) is 82.2 Å². The Morgan fingerprint density at radius 2 is 1.94 bits per heavy atom. The summed E-state index contributed by atoms with van der Waals surface area (Å²) in [6, 6.07) is 16.2. The molecular weight excluding hydrogens is 428 g/mol. The Bertz CT molecular complexity index is 1270. The normalized spacial score (nSPS) is 16.2. The second-order valence-electron chi connectivity index (χ2n) is 9.38. The largest absolute Gasteiger partial charge is 0.497 e. The number of aromatic nitrogens is 2. The molecule has 170 valence electrons. The van der Waals surface area contributed by atoms with Crippen LogP contribution < -0.4 is 10.3 Å². The van der Waals surface area contributed by atoms with Crippen LogP contribution in [0.1, 0.15) is 50.2 Å². The maximum atomic E-state index is 14.4. The summed E-state index contributed by atoms with van der Waals surface area (Å²) < 4.78 is 7.27. The lowest BCUT2D eigenvalue weighted by Gasteiger charge is -2.42. The molecule has 0 amide bonds. The highest BCUT2D eigenvalue weighted by Crippen LogP contribution is 2.49. The first-order valence-corrected chi connectivity index (χ1v) is 12.7. The van der Waals surface area contributed by atoms with E-state index in [-0.39, 0.29) is 11.0 Å². The number of nitrogens with zero attached hydrogens (tertiary/aromatic N) is 2. The van der Waals surface area contributed by atoms with E-state index in [1.807, 2.05) is 31.2 Å². The molecule has 0 N–H and O–H groups in total. The van der Waals surface area contributed by atoms with Gasteiger partial charge >= 0.3 is 0 Å². The quantitative estimate of drug-likeness (QED) is 0.254. The van der Waals surface area contributed by atoms with Crippen molar-refractivity contribution in [3.63, 3.8) is 0 Å². The van der Waals surface area contributed by atoms with Crippen molar-refractivity contribution >= 4 is 11.8 Å². The van der Waals surface area contributed by atoms with Crippen molar-refractivity contribution in [3.8, 4) is 22.7 Å². The van der Waals surface area contributed by atoms with E-state index in [4.69, 9.17) is 9.72 Å². The second kappa shape index (κ2) is 8.86. The minimum absolute atomic E-state index is 0.0638. The average Bonchev–Trinajstić information content (AvgIpc) is 2.83. The molecule has 0 bridgehead atoms. The highest BCUT2D eigenvalue weighted by molar-refractivity contribution is 7.99. The average molecular weight is 459 g/mol. The zero-order valence-electron chi connectivity index (χ0n) is 19.4. The van der Waals surface area contributed by atoms with Gasteiger partial charge in [-0.2, -0.15) is 0 Å². The SMILES string of the molecule is C=C(C)CSc1nc2c(c(=O)n1-c1cccc(OC)c1)C1(CCCCC1)Cc1ccccc1-2. The van der Waals surface area contributed by atoms with Gasteiger partial charge in [-0.1, -0.05) is 73.5 Å². The van der Waals surface area contributed by atoms with E-state index < -0.39 is 0 Å². The molecule has 0 saturated heterocycles. The number of hydrogen-bond donors (Lipinski definition) is 0. The van der Waals surface area contributed by atoms with Gasteiger partial charge in [0, 0.05) is 22.8 Å². The summed E-state index contributed by atoms with van der Waals surface area (Å²) >= 11 is 1.57. The first-order valence-electron chi connectivity index (χ1n) is 11.7. The van der Waals surface area contributed by atoms with E-state index in [1.165, 1.54) is 12.0 Å². The van der Waals surface area contributed by atoms with Crippen molar-refractivity contribution in [2.75, 3.05) is 12.9 Å². The van der Waals surface area contributed by atoms with Gasteiger partial charge in [0.25, 0.3) is 5.56 Å². The fourth-order valence-corrected chi connectivity index (χ4v) is 6.30. The number of benzene rings is 2. The Labute approximate surface area is 199 Å². The summed E-state index contributed by atoms with van der Waals surface area (Å²) in [6.07, 6.45) is 6.56. The predicted octanol–water partition coefficient (Wildman–Crippen LogP) is 6.33. The van der Waals surface area contributed by atoms with Gasteiger partial charge in [0.15, 0.2) is 5.16 Å². The maximum Gasteiger partial charge on any atom is 0.263 e. The Morgan fingerprint density at radius 1 is 1.15 bits per heavy atom. The molecule has 1 fully saturated rings. The third-order valence-electron chi connectivity index (χ3n) is 6.95. The van der Waals surface area contributed by atoms with Gasteiger partial charge in [-0.25, -0.2) is 4.98 Å². The molecule has 5 heteroatoms. The molecule has 3 aromatic rings. The van der Waals surface area contributed by atoms with Crippen LogP contribution in [0.5, 0.6) is 5.75 Å². The van der Waals surface area contributed by atoms with E-state index in [1.54, 1.807) is 23.4 Å². The third-order valence-corrected chi connectivity index (χ3v) is 8.12. The fraction of sp³-hybridized carbons (Fsp3) is 0.357. The second-order valence-corrected chi connectivity index (χ2v) is 10.3. The molecule has 0 unspecified atom stereocenters. The lowest BCUT2D eigenvalue weighted by atomic mass is 9.62. The van der Waals surface area contributed by atoms with Gasteiger partial charge in [0.2, 0.25) is 0 Å². The first-order chi connectivity index (χ1) is 16.0. The molecule has 1 aromatic heterocycles. The maximum absolute atomic E-state index is 14.4. The minimum atomic E-state index is -0.135. The van der Waals surface area contributed by atoms with Gasteiger partial charge < -0.3 is 4.74 Å². The predicted molar refractivity (Wildman–Crippen MR) is 136 cm³/mol. The summed E-state index contributed by atoms with van der Waals surface area (Å²) in [5.41, 5.74) is 5.98. The number of fused-ring (bicyclic) bond motifs is 4. The molecule has 1 heterocycles. The number of methoxy groups -OCH3 is 1. The summed E-state index contributed by atoms with van der Waals surface area (Å²) in [4.78, 5) is 19.6. The minimum Gasteiger partial charge on any atom is -0.497 e. The number of rotatable bonds is 5. The van der Waals surface area contributed by atoms with Crippen molar-refractivity contribution in [2.24, 2.45) is 0 Å². The van der Waals surface area contributed by atoms with Crippen LogP contribution in [-0.4, -0.2) is 22.4 Å². The van der Waals surface area contributed by atoms with E-state index in [9.17, 15) is 4.79 Å². The summed E-state index contributed by atoms with van der Waals surface area (Å²) in [6.45, 7) is 6.06. The molecular formula is C28H30N2O2S. The van der Waals surface area contributed by atoms with Crippen LogP contribution in [0.15, 0.2) is 70.6 Å². The van der Waals surface area contributed by atoms with E-state index in [0.29, 0.717) is 10.9 Å². The number of hydrogen-bond acceptors (Lipinski definition) is 4. The van der Waals surface area contributed by atoms with E-state index >= 15 is 0 Å². The van der Waals surface area contributed by atoms with Crippen molar-refractivity contribution < 1.29 is 4.74 Å². The van der Waals surface area contributed by atoms with Gasteiger partial charge in [-0.15, -0.1) is 0 Å². The molecule has 0 aliphatic heterocycles. The van der Waals surface area contributed by atoms with Gasteiger partial charge in [-0.05, 0) is 43.9 Å². The molecule has 33 heavy (non-hydrogen) atoms. The molecule has 4 nitrogen and oxygen atoms in total. The molecule has 1 saturated carbocycles. The van der Waals surface area contributed by atoms with E-state index in [0.717, 1.165) is 65.9 Å². The summed E-state index contributed by atoms with van der Waals surface area (Å²) in [5.74, 6) is 1.44. The van der Waals surface area contributed by atoms with Crippen LogP contribution in [-0.2, 0) is 11.8 Å². The fourth-order valence-electron chi connectivity index (χ4n) is 5.45. The smallest absolute Gasteiger partial charge is 0.263 e. The topological polar surface area (TPSA) is 44.1 Å². The van der Waals surface area contributed by atoms with Crippen LogP contribution in [0.2, 0.25) is 0 Å². The van der Waals surface area contributed by atoms with Crippen LogP contribution in [0, 0.1) is 0 Å². The highest BCUT2D eigenvalue weighted by atomic mass is 32.2. The van der Waals surface area contributed by atoms with Crippen LogP contribution in [0.25, 0.3) is 16.9 Å². The van der Waals surface area contributed by atoms with Crippen LogP contribution >= 0.6 is 11.8 Å². The first kappa shape index (κ1) is 22.0. The Hall–Kier alpha value is -2.79.